The first-order valence-corrected chi connectivity index (χ1v) is 5.69. The first-order chi connectivity index (χ1) is 8.72. The van der Waals surface area contributed by atoms with Gasteiger partial charge in [0.15, 0.2) is 5.82 Å². The Labute approximate surface area is 105 Å². The van der Waals surface area contributed by atoms with E-state index in [-0.39, 0.29) is 6.01 Å². The highest BCUT2D eigenvalue weighted by molar-refractivity contribution is 5.56. The summed E-state index contributed by atoms with van der Waals surface area (Å²) in [5.41, 5.74) is 1.90. The van der Waals surface area contributed by atoms with Crippen molar-refractivity contribution in [3.63, 3.8) is 0 Å². The molecular weight excluding hydrogens is 230 g/mol. The second kappa shape index (κ2) is 5.39. The Hall–Kier alpha value is -2.24. The monoisotopic (exact) mass is 245 g/mol. The Balaban J connectivity index is 2.46. The van der Waals surface area contributed by atoms with Crippen molar-refractivity contribution in [1.29, 1.82) is 0 Å². The van der Waals surface area contributed by atoms with E-state index in [1.807, 2.05) is 19.9 Å². The fourth-order valence-corrected chi connectivity index (χ4v) is 1.49. The van der Waals surface area contributed by atoms with Gasteiger partial charge < -0.3 is 10.1 Å². The van der Waals surface area contributed by atoms with Crippen molar-refractivity contribution < 1.29 is 4.74 Å². The predicted molar refractivity (Wildman–Crippen MR) is 68.5 cm³/mol. The molecule has 2 heterocycles. The maximum absolute atomic E-state index is 5.07. The quantitative estimate of drug-likeness (QED) is 0.883. The number of aryl methyl sites for hydroxylation is 1. The average Bonchev–Trinajstić information content (AvgIpc) is 2.39. The Morgan fingerprint density at radius 2 is 2.06 bits per heavy atom. The van der Waals surface area contributed by atoms with Gasteiger partial charge in [0.2, 0.25) is 5.95 Å². The second-order valence-corrected chi connectivity index (χ2v) is 3.75. The number of methoxy groups -OCH3 is 1. The van der Waals surface area contributed by atoms with E-state index in [0.29, 0.717) is 11.8 Å². The lowest BCUT2D eigenvalue weighted by Crippen LogP contribution is -2.06. The van der Waals surface area contributed by atoms with Gasteiger partial charge in [-0.1, -0.05) is 0 Å². The molecule has 6 heteroatoms. The molecule has 2 aromatic heterocycles. The molecule has 0 aromatic carbocycles. The number of nitrogens with one attached hydrogen (secondary N) is 1. The number of ether oxygens (including phenoxy) is 1. The van der Waals surface area contributed by atoms with Crippen molar-refractivity contribution in [3.8, 4) is 17.4 Å². The van der Waals surface area contributed by atoms with Crippen LogP contribution in [0.2, 0.25) is 0 Å². The molecule has 0 saturated heterocycles. The van der Waals surface area contributed by atoms with Crippen LogP contribution in [0.4, 0.5) is 5.95 Å². The van der Waals surface area contributed by atoms with Gasteiger partial charge >= 0.3 is 6.01 Å². The maximum atomic E-state index is 5.07. The zero-order chi connectivity index (χ0) is 13.0. The van der Waals surface area contributed by atoms with Crippen molar-refractivity contribution in [2.45, 2.75) is 13.8 Å². The van der Waals surface area contributed by atoms with Gasteiger partial charge in [0.1, 0.15) is 0 Å². The lowest BCUT2D eigenvalue weighted by molar-refractivity contribution is 0.379. The molecule has 0 saturated carbocycles. The zero-order valence-electron chi connectivity index (χ0n) is 10.6. The van der Waals surface area contributed by atoms with Crippen LogP contribution in [0.5, 0.6) is 6.01 Å². The molecule has 0 aliphatic carbocycles. The number of anilines is 1. The van der Waals surface area contributed by atoms with E-state index in [2.05, 4.69) is 25.3 Å². The number of hydrogen-bond donors (Lipinski definition) is 1. The van der Waals surface area contributed by atoms with E-state index < -0.39 is 0 Å². The molecule has 0 amide bonds. The number of rotatable bonds is 4. The summed E-state index contributed by atoms with van der Waals surface area (Å²) in [5.74, 6) is 1.05. The molecule has 0 atom stereocenters. The van der Waals surface area contributed by atoms with Crippen LogP contribution in [-0.2, 0) is 0 Å². The molecule has 0 aliphatic heterocycles. The Kier molecular flexibility index (Phi) is 3.66. The van der Waals surface area contributed by atoms with Crippen LogP contribution in [0.1, 0.15) is 12.5 Å². The largest absolute Gasteiger partial charge is 0.467 e. The summed E-state index contributed by atoms with van der Waals surface area (Å²) in [6, 6.07) is 2.26. The van der Waals surface area contributed by atoms with Gasteiger partial charge in [-0.2, -0.15) is 15.0 Å². The van der Waals surface area contributed by atoms with E-state index in [1.165, 1.54) is 7.11 Å². The second-order valence-electron chi connectivity index (χ2n) is 3.75. The SMILES string of the molecule is CCNc1nc(OC)nc(-c2cncc(C)c2)n1. The summed E-state index contributed by atoms with van der Waals surface area (Å²) < 4.78 is 5.07. The number of aromatic nitrogens is 4. The third-order valence-electron chi connectivity index (χ3n) is 2.27. The highest BCUT2D eigenvalue weighted by atomic mass is 16.5. The van der Waals surface area contributed by atoms with Crippen LogP contribution in [0.25, 0.3) is 11.4 Å². The maximum Gasteiger partial charge on any atom is 0.321 e. The highest BCUT2D eigenvalue weighted by Gasteiger charge is 2.08. The minimum absolute atomic E-state index is 0.289. The first kappa shape index (κ1) is 12.2. The van der Waals surface area contributed by atoms with Crippen LogP contribution in [0.15, 0.2) is 18.5 Å². The van der Waals surface area contributed by atoms with Crippen LogP contribution in [0, 0.1) is 6.92 Å². The van der Waals surface area contributed by atoms with Gasteiger partial charge in [-0.3, -0.25) is 4.98 Å². The summed E-state index contributed by atoms with van der Waals surface area (Å²) in [7, 11) is 1.53. The van der Waals surface area contributed by atoms with Gasteiger partial charge in [0.05, 0.1) is 7.11 Å². The molecule has 0 aliphatic rings. The average molecular weight is 245 g/mol. The van der Waals surface area contributed by atoms with Gasteiger partial charge in [-0.05, 0) is 25.5 Å². The van der Waals surface area contributed by atoms with E-state index in [4.69, 9.17) is 4.74 Å². The normalized spacial score (nSPS) is 10.2. The molecule has 2 aromatic rings. The standard InChI is InChI=1S/C12H15N5O/c1-4-14-11-15-10(16-12(17-11)18-3)9-5-8(2)6-13-7-9/h5-7H,4H2,1-3H3,(H,14,15,16,17). The van der Waals surface area contributed by atoms with E-state index in [9.17, 15) is 0 Å². The predicted octanol–water partition coefficient (Wildman–Crippen LogP) is 1.68. The first-order valence-electron chi connectivity index (χ1n) is 5.69. The minimum Gasteiger partial charge on any atom is -0.467 e. The molecule has 6 nitrogen and oxygen atoms in total. The van der Waals surface area contributed by atoms with Crippen molar-refractivity contribution >= 4 is 5.95 Å². The van der Waals surface area contributed by atoms with Gasteiger partial charge in [-0.15, -0.1) is 0 Å². The number of hydrogen-bond acceptors (Lipinski definition) is 6. The Bertz CT molecular complexity index is 544. The van der Waals surface area contributed by atoms with Crippen LogP contribution in [0.3, 0.4) is 0 Å². The molecule has 0 radical (unpaired) electrons. The molecule has 1 N–H and O–H groups in total. The van der Waals surface area contributed by atoms with E-state index in [1.54, 1.807) is 12.4 Å². The van der Waals surface area contributed by atoms with Gasteiger partial charge in [-0.25, -0.2) is 0 Å². The fraction of sp³-hybridized carbons (Fsp3) is 0.333. The van der Waals surface area contributed by atoms with Gasteiger partial charge in [0, 0.05) is 24.5 Å². The molecule has 0 fully saturated rings. The zero-order valence-corrected chi connectivity index (χ0v) is 10.6. The van der Waals surface area contributed by atoms with Gasteiger partial charge in [0.25, 0.3) is 0 Å². The van der Waals surface area contributed by atoms with E-state index in [0.717, 1.165) is 17.7 Å². The summed E-state index contributed by atoms with van der Waals surface area (Å²) in [4.78, 5) is 16.8. The number of pyridine rings is 1. The van der Waals surface area contributed by atoms with Crippen molar-refractivity contribution in [1.82, 2.24) is 19.9 Å². The van der Waals surface area contributed by atoms with Crippen molar-refractivity contribution in [2.24, 2.45) is 0 Å². The lowest BCUT2D eigenvalue weighted by atomic mass is 10.2. The Morgan fingerprint density at radius 3 is 2.72 bits per heavy atom. The number of nitrogens with zero attached hydrogens (tertiary/aromatic N) is 4. The van der Waals surface area contributed by atoms with Crippen molar-refractivity contribution in [2.75, 3.05) is 19.0 Å². The Morgan fingerprint density at radius 1 is 1.22 bits per heavy atom. The molecular formula is C12H15N5O. The molecule has 18 heavy (non-hydrogen) atoms. The third kappa shape index (κ3) is 2.71. The third-order valence-corrected chi connectivity index (χ3v) is 2.27. The molecule has 0 unspecified atom stereocenters. The van der Waals surface area contributed by atoms with E-state index >= 15 is 0 Å². The molecule has 2 rings (SSSR count). The highest BCUT2D eigenvalue weighted by Crippen LogP contribution is 2.18. The summed E-state index contributed by atoms with van der Waals surface area (Å²) in [6.45, 7) is 4.68. The van der Waals surface area contributed by atoms with Crippen molar-refractivity contribution in [3.05, 3.63) is 24.0 Å². The summed E-state index contributed by atoms with van der Waals surface area (Å²) >= 11 is 0. The summed E-state index contributed by atoms with van der Waals surface area (Å²) in [5, 5.41) is 3.04. The molecule has 94 valence electrons. The molecule has 0 bridgehead atoms. The topological polar surface area (TPSA) is 72.8 Å². The fourth-order valence-electron chi connectivity index (χ4n) is 1.49. The minimum atomic E-state index is 0.289. The lowest BCUT2D eigenvalue weighted by Gasteiger charge is -2.06. The molecule has 0 spiro atoms. The summed E-state index contributed by atoms with van der Waals surface area (Å²) in [6.07, 6.45) is 3.50. The van der Waals surface area contributed by atoms with Crippen LogP contribution >= 0.6 is 0 Å². The van der Waals surface area contributed by atoms with Crippen LogP contribution < -0.4 is 10.1 Å². The smallest absolute Gasteiger partial charge is 0.321 e. The van der Waals surface area contributed by atoms with Crippen LogP contribution in [-0.4, -0.2) is 33.6 Å².